The van der Waals surface area contributed by atoms with Crippen LogP contribution in [0.2, 0.25) is 0 Å². The smallest absolute Gasteiger partial charge is 0.272 e. The minimum atomic E-state index is -0.584. The summed E-state index contributed by atoms with van der Waals surface area (Å²) in [6.45, 7) is 19.2. The number of carbonyl (C=O) groups excluding carboxylic acids is 3. The number of imidazole rings is 3. The van der Waals surface area contributed by atoms with Crippen molar-refractivity contribution < 1.29 is 14.4 Å². The van der Waals surface area contributed by atoms with Gasteiger partial charge < -0.3 is 29.7 Å². The van der Waals surface area contributed by atoms with Crippen LogP contribution in [0.1, 0.15) is 142 Å². The quantitative estimate of drug-likeness (QED) is 0.135. The molecule has 3 aromatic heterocycles. The molecule has 0 saturated heterocycles. The van der Waals surface area contributed by atoms with E-state index in [1.165, 1.54) is 0 Å². The van der Waals surface area contributed by atoms with Gasteiger partial charge in [-0.25, -0.2) is 15.0 Å². The van der Waals surface area contributed by atoms with Crippen molar-refractivity contribution in [1.82, 2.24) is 44.6 Å². The first-order valence-corrected chi connectivity index (χ1v) is 21.0. The highest BCUT2D eigenvalue weighted by Crippen LogP contribution is 2.31. The van der Waals surface area contributed by atoms with E-state index in [9.17, 15) is 14.4 Å². The fourth-order valence-electron chi connectivity index (χ4n) is 8.14. The zero-order valence-electron chi connectivity index (χ0n) is 36.2. The van der Waals surface area contributed by atoms with Crippen LogP contribution >= 0.6 is 0 Å². The van der Waals surface area contributed by atoms with Gasteiger partial charge in [-0.3, -0.25) is 14.4 Å². The molecule has 4 heterocycles. The standard InChI is InChI=1S/C48H57N9O3/c1-28(2)37-43-49-41(31(7)55(43)25-34-19-13-10-14-20-34)47(59)53-39(30(5)6)45-51-42(33(9)57(45)27-36-23-17-12-18-24-36)48(60)54-38(29(3)4)44-50-40(46(58)52-37)32(8)56(44)26-35-21-15-11-16-22-35/h10-24,28-30,37-39H,25-27H2,1-9H3,(H,52,58)(H,53,59)(H,54,60)/t37-,38-,39-/m0/s1. The van der Waals surface area contributed by atoms with Gasteiger partial charge in [0.05, 0.1) is 18.1 Å². The molecule has 1 aliphatic heterocycles. The maximum absolute atomic E-state index is 14.7. The van der Waals surface area contributed by atoms with Gasteiger partial charge in [0.2, 0.25) is 0 Å². The molecular formula is C48H57N9O3. The summed E-state index contributed by atoms with van der Waals surface area (Å²) < 4.78 is 6.11. The van der Waals surface area contributed by atoms with E-state index in [2.05, 4.69) is 16.0 Å². The summed E-state index contributed by atoms with van der Waals surface area (Å²) in [5, 5.41) is 9.90. The van der Waals surface area contributed by atoms with Gasteiger partial charge in [0.15, 0.2) is 0 Å². The van der Waals surface area contributed by atoms with Crippen molar-refractivity contribution >= 4 is 17.7 Å². The van der Waals surface area contributed by atoms with Crippen LogP contribution in [0.15, 0.2) is 91.0 Å². The van der Waals surface area contributed by atoms with E-state index >= 15 is 0 Å². The zero-order valence-corrected chi connectivity index (χ0v) is 36.2. The number of fused-ring (bicyclic) bond motifs is 6. The van der Waals surface area contributed by atoms with Gasteiger partial charge in [-0.2, -0.15) is 0 Å². The molecule has 7 rings (SSSR count). The highest BCUT2D eigenvalue weighted by molar-refractivity contribution is 5.96. The molecule has 3 amide bonds. The van der Waals surface area contributed by atoms with Gasteiger partial charge in [-0.05, 0) is 55.2 Å². The molecule has 0 spiro atoms. The molecule has 1 aliphatic rings. The Labute approximate surface area is 352 Å². The van der Waals surface area contributed by atoms with Crippen LogP contribution in [0.5, 0.6) is 0 Å². The normalized spacial score (nSPS) is 17.4. The Morgan fingerprint density at radius 1 is 0.433 bits per heavy atom. The summed E-state index contributed by atoms with van der Waals surface area (Å²) in [5.41, 5.74) is 5.86. The van der Waals surface area contributed by atoms with Crippen molar-refractivity contribution in [3.63, 3.8) is 0 Å². The predicted octanol–water partition coefficient (Wildman–Crippen LogP) is 8.04. The maximum atomic E-state index is 14.7. The zero-order chi connectivity index (χ0) is 42.8. The average Bonchev–Trinajstić information content (AvgIpc) is 3.84. The summed E-state index contributed by atoms with van der Waals surface area (Å²) in [6, 6.07) is 28.3. The van der Waals surface area contributed by atoms with Gasteiger partial charge >= 0.3 is 0 Å². The van der Waals surface area contributed by atoms with Crippen LogP contribution in [-0.2, 0) is 19.6 Å². The van der Waals surface area contributed by atoms with Crippen molar-refractivity contribution in [2.24, 2.45) is 17.8 Å². The first-order valence-electron chi connectivity index (χ1n) is 21.0. The third kappa shape index (κ3) is 8.41. The van der Waals surface area contributed by atoms with E-state index in [0.29, 0.717) is 54.2 Å². The predicted molar refractivity (Wildman–Crippen MR) is 233 cm³/mol. The number of nitrogens with one attached hydrogen (secondary N) is 3. The summed E-state index contributed by atoms with van der Waals surface area (Å²) in [4.78, 5) is 59.3. The lowest BCUT2D eigenvalue weighted by Gasteiger charge is -2.23. The molecule has 12 heteroatoms. The monoisotopic (exact) mass is 807 g/mol. The lowest BCUT2D eigenvalue weighted by Crippen LogP contribution is -2.36. The van der Waals surface area contributed by atoms with E-state index in [0.717, 1.165) is 16.7 Å². The maximum Gasteiger partial charge on any atom is 0.272 e. The number of hydrogen-bond donors (Lipinski definition) is 3. The first-order chi connectivity index (χ1) is 28.7. The fourth-order valence-corrected chi connectivity index (χ4v) is 8.14. The Morgan fingerprint density at radius 2 is 0.667 bits per heavy atom. The number of hydrogen-bond acceptors (Lipinski definition) is 6. The largest absolute Gasteiger partial charge is 0.340 e. The van der Waals surface area contributed by atoms with Crippen LogP contribution < -0.4 is 16.0 Å². The molecule has 3 aromatic carbocycles. The lowest BCUT2D eigenvalue weighted by atomic mass is 10.0. The van der Waals surface area contributed by atoms with Gasteiger partial charge in [-0.1, -0.05) is 133 Å². The van der Waals surface area contributed by atoms with Gasteiger partial charge in [0.1, 0.15) is 34.6 Å². The van der Waals surface area contributed by atoms with Crippen LogP contribution in [-0.4, -0.2) is 46.4 Å². The average molecular weight is 808 g/mol. The second-order valence-electron chi connectivity index (χ2n) is 17.0. The Bertz CT molecular complexity index is 2200. The lowest BCUT2D eigenvalue weighted by molar-refractivity contribution is 0.0912. The number of benzene rings is 3. The molecule has 3 atom stereocenters. The number of nitrogens with zero attached hydrogens (tertiary/aromatic N) is 6. The van der Waals surface area contributed by atoms with E-state index in [4.69, 9.17) is 15.0 Å². The Balaban J connectivity index is 1.46. The molecule has 0 saturated carbocycles. The Morgan fingerprint density at radius 3 is 0.883 bits per heavy atom. The molecule has 0 radical (unpaired) electrons. The first kappa shape index (κ1) is 41.8. The van der Waals surface area contributed by atoms with Crippen molar-refractivity contribution in [3.8, 4) is 0 Å². The minimum absolute atomic E-state index is 0.115. The molecule has 312 valence electrons. The van der Waals surface area contributed by atoms with Crippen molar-refractivity contribution in [3.05, 3.63) is 159 Å². The van der Waals surface area contributed by atoms with E-state index < -0.39 is 18.1 Å². The molecular weight excluding hydrogens is 751 g/mol. The molecule has 3 N–H and O–H groups in total. The Kier molecular flexibility index (Phi) is 12.2. The summed E-state index contributed by atoms with van der Waals surface area (Å²) in [5.74, 6) is 0.272. The summed E-state index contributed by atoms with van der Waals surface area (Å²) in [6.07, 6.45) is 0. The molecule has 60 heavy (non-hydrogen) atoms. The topological polar surface area (TPSA) is 141 Å². The highest BCUT2D eigenvalue weighted by atomic mass is 16.2. The van der Waals surface area contributed by atoms with Crippen molar-refractivity contribution in [2.45, 2.75) is 100 Å². The SMILES string of the molecule is Cc1c2nc(n1Cc1ccccc1)[C@H](C(C)C)NC(=O)c1nc(n(Cc3ccccc3)c1C)[C@H](C(C)C)NC(=O)c1nc(n(Cc3ccccc3)c1C)[C@H](C(C)C)NC2=O. The molecule has 12 nitrogen and oxygen atoms in total. The summed E-state index contributed by atoms with van der Waals surface area (Å²) >= 11 is 0. The molecule has 0 fully saturated rings. The third-order valence-electron chi connectivity index (χ3n) is 11.6. The molecule has 6 bridgehead atoms. The van der Waals surface area contributed by atoms with E-state index in [1.54, 1.807) is 0 Å². The Hall–Kier alpha value is -6.30. The van der Waals surface area contributed by atoms with Crippen molar-refractivity contribution in [2.75, 3.05) is 0 Å². The molecule has 6 aromatic rings. The minimum Gasteiger partial charge on any atom is -0.340 e. The number of carbonyl (C=O) groups is 3. The van der Waals surface area contributed by atoms with Gasteiger partial charge in [0.25, 0.3) is 17.7 Å². The second-order valence-corrected chi connectivity index (χ2v) is 17.0. The van der Waals surface area contributed by atoms with E-state index in [-0.39, 0.29) is 52.6 Å². The number of amides is 3. The van der Waals surface area contributed by atoms with Crippen LogP contribution in [0.25, 0.3) is 0 Å². The van der Waals surface area contributed by atoms with Crippen LogP contribution in [0.4, 0.5) is 0 Å². The summed E-state index contributed by atoms with van der Waals surface area (Å²) in [7, 11) is 0. The van der Waals surface area contributed by atoms with Gasteiger partial charge in [-0.15, -0.1) is 0 Å². The number of aromatic nitrogens is 6. The van der Waals surface area contributed by atoms with Crippen LogP contribution in [0, 0.1) is 38.5 Å². The third-order valence-corrected chi connectivity index (χ3v) is 11.6. The second kappa shape index (κ2) is 17.5. The van der Waals surface area contributed by atoms with E-state index in [1.807, 2.05) is 167 Å². The number of rotatable bonds is 9. The van der Waals surface area contributed by atoms with Gasteiger partial charge in [0, 0.05) is 36.7 Å². The fraction of sp³-hybridized carbons (Fsp3) is 0.375. The van der Waals surface area contributed by atoms with Crippen LogP contribution in [0.3, 0.4) is 0 Å². The highest BCUT2D eigenvalue weighted by Gasteiger charge is 2.36. The molecule has 0 aliphatic carbocycles. The molecule has 0 unspecified atom stereocenters. The van der Waals surface area contributed by atoms with Crippen molar-refractivity contribution in [1.29, 1.82) is 0 Å².